The molecule has 3 aromatic rings. The smallest absolute Gasteiger partial charge is 0.264 e. The van der Waals surface area contributed by atoms with Gasteiger partial charge in [0.25, 0.3) is 10.0 Å². The molecule has 246 valence electrons. The van der Waals surface area contributed by atoms with E-state index in [1.165, 1.54) is 35.3 Å². The second-order valence-corrected chi connectivity index (χ2v) is 14.9. The number of carbonyl (C=O) groups is 1. The molecule has 2 fully saturated rings. The van der Waals surface area contributed by atoms with Crippen molar-refractivity contribution >= 4 is 44.8 Å². The van der Waals surface area contributed by atoms with Crippen molar-refractivity contribution in [3.05, 3.63) is 88.2 Å². The lowest BCUT2D eigenvalue weighted by atomic mass is 9.85. The van der Waals surface area contributed by atoms with Crippen LogP contribution in [0.2, 0.25) is 10.0 Å². The molecule has 2 aromatic carbocycles. The zero-order valence-corrected chi connectivity index (χ0v) is 28.2. The van der Waals surface area contributed by atoms with E-state index in [0.29, 0.717) is 51.1 Å². The molecule has 2 saturated heterocycles. The highest BCUT2D eigenvalue weighted by Gasteiger charge is 2.40. The monoisotopic (exact) mass is 686 g/mol. The lowest BCUT2D eigenvalue weighted by Gasteiger charge is -2.42. The van der Waals surface area contributed by atoms with E-state index in [4.69, 9.17) is 32.7 Å². The minimum Gasteiger partial charge on any atom is -0.369 e. The topological polar surface area (TPSA) is 92.3 Å². The highest BCUT2D eigenvalue weighted by molar-refractivity contribution is 7.92. The molecule has 9 nitrogen and oxygen atoms in total. The molecule has 0 aliphatic carbocycles. The molecule has 1 atom stereocenters. The third kappa shape index (κ3) is 7.22. The zero-order chi connectivity index (χ0) is 32.1. The molecule has 3 aliphatic rings. The minimum absolute atomic E-state index is 0.0488. The van der Waals surface area contributed by atoms with Gasteiger partial charge in [0.1, 0.15) is 6.61 Å². The van der Waals surface area contributed by atoms with Crippen molar-refractivity contribution in [1.29, 1.82) is 0 Å². The molecule has 1 amide bonds. The number of aromatic nitrogens is 1. The van der Waals surface area contributed by atoms with Crippen molar-refractivity contribution in [3.8, 4) is 0 Å². The van der Waals surface area contributed by atoms with Gasteiger partial charge in [-0.15, -0.1) is 0 Å². The first kappa shape index (κ1) is 33.2. The van der Waals surface area contributed by atoms with Crippen LogP contribution in [0.1, 0.15) is 43.2 Å². The van der Waals surface area contributed by atoms with Gasteiger partial charge in [-0.05, 0) is 87.5 Å². The van der Waals surface area contributed by atoms with Crippen LogP contribution in [-0.2, 0) is 36.3 Å². The number of nitrogens with zero attached hydrogens (tertiary/aromatic N) is 4. The molecule has 0 saturated carbocycles. The average molecular weight is 688 g/mol. The highest BCUT2D eigenvalue weighted by Crippen LogP contribution is 2.38. The van der Waals surface area contributed by atoms with Crippen molar-refractivity contribution < 1.29 is 22.7 Å². The number of anilines is 1. The van der Waals surface area contributed by atoms with Crippen LogP contribution in [-0.4, -0.2) is 87.7 Å². The maximum absolute atomic E-state index is 14.0. The summed E-state index contributed by atoms with van der Waals surface area (Å²) < 4.78 is 41.9. The number of aryl methyl sites for hydroxylation is 1. The van der Waals surface area contributed by atoms with Gasteiger partial charge in [-0.2, -0.15) is 0 Å². The normalized spacial score (nSPS) is 20.1. The lowest BCUT2D eigenvalue weighted by molar-refractivity contribution is -0.144. The first-order valence-corrected chi connectivity index (χ1v) is 18.2. The average Bonchev–Trinajstić information content (AvgIpc) is 3.60. The number of benzene rings is 2. The summed E-state index contributed by atoms with van der Waals surface area (Å²) in [5.41, 5.74) is 2.10. The molecular weight excluding hydrogens is 647 g/mol. The second kappa shape index (κ2) is 14.6. The molecule has 4 heterocycles. The van der Waals surface area contributed by atoms with Crippen molar-refractivity contribution in [2.75, 3.05) is 56.8 Å². The number of piperidine rings is 1. The molecule has 1 aromatic heterocycles. The number of halogens is 2. The minimum atomic E-state index is -3.99. The predicted molar refractivity (Wildman–Crippen MR) is 179 cm³/mol. The summed E-state index contributed by atoms with van der Waals surface area (Å²) in [6, 6.07) is 15.3. The molecule has 0 spiro atoms. The summed E-state index contributed by atoms with van der Waals surface area (Å²) in [5, 5.41) is 0.444. The molecule has 1 unspecified atom stereocenters. The number of amides is 1. The number of likely N-dealkylation sites (tertiary alicyclic amines) is 2. The van der Waals surface area contributed by atoms with Crippen LogP contribution in [0.3, 0.4) is 0 Å². The molecular formula is C34H40Cl2N4O5S. The highest BCUT2D eigenvalue weighted by atomic mass is 35.5. The molecule has 46 heavy (non-hydrogen) atoms. The van der Waals surface area contributed by atoms with Crippen LogP contribution in [0, 0.1) is 0 Å². The Hall–Kier alpha value is -2.73. The molecule has 6 rings (SSSR count). The number of pyridine rings is 1. The van der Waals surface area contributed by atoms with E-state index in [0.717, 1.165) is 30.8 Å². The van der Waals surface area contributed by atoms with Crippen molar-refractivity contribution in [2.24, 2.45) is 0 Å². The van der Waals surface area contributed by atoms with E-state index in [-0.39, 0.29) is 34.1 Å². The van der Waals surface area contributed by atoms with Gasteiger partial charge >= 0.3 is 0 Å². The van der Waals surface area contributed by atoms with Gasteiger partial charge < -0.3 is 19.3 Å². The van der Waals surface area contributed by atoms with E-state index < -0.39 is 21.7 Å². The van der Waals surface area contributed by atoms with Gasteiger partial charge in [-0.25, -0.2) is 8.42 Å². The lowest BCUT2D eigenvalue weighted by Crippen LogP contribution is -2.49. The number of carbonyl (C=O) groups excluding carboxylic acids is 1. The van der Waals surface area contributed by atoms with Gasteiger partial charge in [0.15, 0.2) is 0 Å². The number of fused-ring (bicyclic) bond motifs is 1. The van der Waals surface area contributed by atoms with E-state index >= 15 is 0 Å². The van der Waals surface area contributed by atoms with E-state index in [1.54, 1.807) is 12.3 Å². The van der Waals surface area contributed by atoms with E-state index in [1.807, 2.05) is 35.4 Å². The first-order chi connectivity index (χ1) is 22.3. The SMILES string of the molecule is O=C(COCC1CCc2ccccc2N1S(=O)(=O)c1ccc(Cl)c(Cl)c1)N1CCC(OCCN2CCCC2)(c2cccnc2)CC1. The van der Waals surface area contributed by atoms with E-state index in [2.05, 4.69) is 16.0 Å². The van der Waals surface area contributed by atoms with Gasteiger partial charge in [0.2, 0.25) is 5.91 Å². The van der Waals surface area contributed by atoms with Gasteiger partial charge in [-0.3, -0.25) is 14.1 Å². The zero-order valence-electron chi connectivity index (χ0n) is 25.8. The number of rotatable bonds is 11. The predicted octanol–water partition coefficient (Wildman–Crippen LogP) is 5.55. The van der Waals surface area contributed by atoms with Gasteiger partial charge in [0, 0.05) is 37.6 Å². The Kier molecular flexibility index (Phi) is 10.5. The number of hydrogen-bond donors (Lipinski definition) is 0. The quantitative estimate of drug-likeness (QED) is 0.261. The fourth-order valence-electron chi connectivity index (χ4n) is 6.82. The first-order valence-electron chi connectivity index (χ1n) is 16.0. The van der Waals surface area contributed by atoms with Crippen molar-refractivity contribution in [3.63, 3.8) is 0 Å². The Morgan fingerprint density at radius 2 is 1.76 bits per heavy atom. The molecule has 0 bridgehead atoms. The van der Waals surface area contributed by atoms with Gasteiger partial charge in [0.05, 0.1) is 45.5 Å². The summed E-state index contributed by atoms with van der Waals surface area (Å²) in [6.45, 7) is 4.81. The van der Waals surface area contributed by atoms with Crippen LogP contribution < -0.4 is 4.31 Å². The third-order valence-electron chi connectivity index (χ3n) is 9.39. The fourth-order valence-corrected chi connectivity index (χ4v) is 8.91. The number of hydrogen-bond acceptors (Lipinski definition) is 7. The maximum Gasteiger partial charge on any atom is 0.264 e. The Labute approximate surface area is 281 Å². The maximum atomic E-state index is 14.0. The van der Waals surface area contributed by atoms with E-state index in [9.17, 15) is 13.2 Å². The fraction of sp³-hybridized carbons (Fsp3) is 0.471. The van der Waals surface area contributed by atoms with Crippen LogP contribution in [0.5, 0.6) is 0 Å². The standard InChI is InChI=1S/C34H40Cl2N4O5S/c35-30-12-11-29(22-31(30)36)46(42,43)40-28(10-9-26-6-1-2-8-32(26)40)24-44-25-33(41)39-18-13-34(14-19-39,27-7-5-15-37-23-27)45-21-20-38-16-3-4-17-38/h1-2,5-8,11-12,15,22-23,28H,3-4,9-10,13-14,16-21,24-25H2. The van der Waals surface area contributed by atoms with Crippen LogP contribution in [0.15, 0.2) is 71.9 Å². The molecule has 3 aliphatic heterocycles. The largest absolute Gasteiger partial charge is 0.369 e. The Morgan fingerprint density at radius 3 is 2.50 bits per heavy atom. The Morgan fingerprint density at radius 1 is 0.978 bits per heavy atom. The number of ether oxygens (including phenoxy) is 2. The van der Waals surface area contributed by atoms with Gasteiger partial charge in [-0.1, -0.05) is 47.5 Å². The Bertz CT molecular complexity index is 1610. The second-order valence-electron chi connectivity index (χ2n) is 12.2. The number of sulfonamides is 1. The summed E-state index contributed by atoms with van der Waals surface area (Å²) in [4.78, 5) is 22.0. The molecule has 0 radical (unpaired) electrons. The summed E-state index contributed by atoms with van der Waals surface area (Å²) in [7, 11) is -3.99. The third-order valence-corrected chi connectivity index (χ3v) is 12.0. The van der Waals surface area contributed by atoms with Crippen LogP contribution >= 0.6 is 23.2 Å². The van der Waals surface area contributed by atoms with Crippen molar-refractivity contribution in [2.45, 2.75) is 55.1 Å². The van der Waals surface area contributed by atoms with Crippen LogP contribution in [0.4, 0.5) is 5.69 Å². The Balaban J connectivity index is 1.09. The van der Waals surface area contributed by atoms with Crippen LogP contribution in [0.25, 0.3) is 0 Å². The summed E-state index contributed by atoms with van der Waals surface area (Å²) >= 11 is 12.3. The molecule has 12 heteroatoms. The van der Waals surface area contributed by atoms with Crippen molar-refractivity contribution in [1.82, 2.24) is 14.8 Å². The summed E-state index contributed by atoms with van der Waals surface area (Å²) in [5.74, 6) is -0.119. The summed E-state index contributed by atoms with van der Waals surface area (Å²) in [6.07, 6.45) is 8.70. The number of para-hydroxylation sites is 1. The molecule has 0 N–H and O–H groups in total.